The first-order valence-corrected chi connectivity index (χ1v) is 6.72. The quantitative estimate of drug-likeness (QED) is 0.904. The van der Waals surface area contributed by atoms with Gasteiger partial charge in [-0.15, -0.1) is 11.3 Å². The van der Waals surface area contributed by atoms with Crippen molar-refractivity contribution < 1.29 is 0 Å². The smallest absolute Gasteiger partial charge is 0.0728 e. The number of nitrogens with one attached hydrogen (secondary N) is 1. The molecule has 0 spiro atoms. The van der Waals surface area contributed by atoms with E-state index in [0.717, 1.165) is 10.2 Å². The lowest BCUT2D eigenvalue weighted by atomic mass is 10.2. The molecule has 0 amide bonds. The molecule has 0 saturated carbocycles. The van der Waals surface area contributed by atoms with Gasteiger partial charge < -0.3 is 11.1 Å². The number of thiophene rings is 1. The molecule has 0 aliphatic rings. The Morgan fingerprint density at radius 2 is 2.00 bits per heavy atom. The van der Waals surface area contributed by atoms with E-state index in [1.165, 1.54) is 4.88 Å². The van der Waals surface area contributed by atoms with Crippen LogP contribution in [0.2, 0.25) is 0 Å². The molecule has 16 heavy (non-hydrogen) atoms. The van der Waals surface area contributed by atoms with Gasteiger partial charge >= 0.3 is 0 Å². The summed E-state index contributed by atoms with van der Waals surface area (Å²) in [5.41, 5.74) is 6.87. The van der Waals surface area contributed by atoms with E-state index < -0.39 is 0 Å². The van der Waals surface area contributed by atoms with E-state index in [-0.39, 0.29) is 6.04 Å². The zero-order valence-electron chi connectivity index (χ0n) is 8.69. The van der Waals surface area contributed by atoms with Crippen molar-refractivity contribution >= 4 is 33.0 Å². The Morgan fingerprint density at radius 1 is 1.25 bits per heavy atom. The van der Waals surface area contributed by atoms with Gasteiger partial charge in [-0.3, -0.25) is 0 Å². The fourth-order valence-corrected chi connectivity index (χ4v) is 2.54. The number of rotatable bonds is 4. The summed E-state index contributed by atoms with van der Waals surface area (Å²) in [7, 11) is 0. The van der Waals surface area contributed by atoms with Crippen LogP contribution in [0.3, 0.4) is 0 Å². The Balaban J connectivity index is 2.10. The lowest BCUT2D eigenvalue weighted by Gasteiger charge is -2.16. The van der Waals surface area contributed by atoms with Gasteiger partial charge in [0.1, 0.15) is 0 Å². The SMILES string of the molecule is NCC(Nc1ccc(Br)cc1)c1cccs1. The average Bonchev–Trinajstić information content (AvgIpc) is 2.82. The summed E-state index contributed by atoms with van der Waals surface area (Å²) >= 11 is 5.14. The van der Waals surface area contributed by atoms with Crippen molar-refractivity contribution in [1.29, 1.82) is 0 Å². The molecule has 0 radical (unpaired) electrons. The van der Waals surface area contributed by atoms with E-state index in [1.807, 2.05) is 30.3 Å². The van der Waals surface area contributed by atoms with Gasteiger partial charge in [0.15, 0.2) is 0 Å². The molecule has 0 bridgehead atoms. The van der Waals surface area contributed by atoms with E-state index in [1.54, 1.807) is 11.3 Å². The lowest BCUT2D eigenvalue weighted by Crippen LogP contribution is -2.19. The number of halogens is 1. The first-order valence-electron chi connectivity index (χ1n) is 5.05. The molecule has 3 N–H and O–H groups in total. The van der Waals surface area contributed by atoms with Crippen LogP contribution >= 0.6 is 27.3 Å². The molecule has 2 aromatic rings. The molecule has 2 rings (SSSR count). The minimum atomic E-state index is 0.196. The second-order valence-electron chi connectivity index (χ2n) is 3.45. The Kier molecular flexibility index (Phi) is 3.98. The van der Waals surface area contributed by atoms with Gasteiger partial charge in [0.05, 0.1) is 6.04 Å². The van der Waals surface area contributed by atoms with Crippen molar-refractivity contribution in [3.05, 3.63) is 51.1 Å². The second kappa shape index (κ2) is 5.48. The molecular formula is C12H13BrN2S. The van der Waals surface area contributed by atoms with E-state index in [2.05, 4.69) is 32.7 Å². The third-order valence-electron chi connectivity index (χ3n) is 2.31. The standard InChI is InChI=1S/C12H13BrN2S/c13-9-3-5-10(6-4-9)15-11(8-14)12-2-1-7-16-12/h1-7,11,15H,8,14H2. The molecule has 1 aromatic heterocycles. The van der Waals surface area contributed by atoms with Gasteiger partial charge in [-0.1, -0.05) is 22.0 Å². The first kappa shape index (κ1) is 11.6. The topological polar surface area (TPSA) is 38.0 Å². The molecule has 84 valence electrons. The van der Waals surface area contributed by atoms with Crippen molar-refractivity contribution in [2.75, 3.05) is 11.9 Å². The van der Waals surface area contributed by atoms with Crippen molar-refractivity contribution in [2.24, 2.45) is 5.73 Å². The van der Waals surface area contributed by atoms with Crippen LogP contribution in [0.5, 0.6) is 0 Å². The van der Waals surface area contributed by atoms with Gasteiger partial charge in [0.25, 0.3) is 0 Å². The zero-order chi connectivity index (χ0) is 11.4. The second-order valence-corrected chi connectivity index (χ2v) is 5.35. The van der Waals surface area contributed by atoms with Gasteiger partial charge in [0.2, 0.25) is 0 Å². The molecule has 2 nitrogen and oxygen atoms in total. The number of hydrogen-bond acceptors (Lipinski definition) is 3. The molecule has 1 unspecified atom stereocenters. The van der Waals surface area contributed by atoms with Gasteiger partial charge in [-0.25, -0.2) is 0 Å². The molecule has 1 atom stereocenters. The monoisotopic (exact) mass is 296 g/mol. The zero-order valence-corrected chi connectivity index (χ0v) is 11.1. The van der Waals surface area contributed by atoms with Crippen LogP contribution < -0.4 is 11.1 Å². The average molecular weight is 297 g/mol. The number of anilines is 1. The number of nitrogens with two attached hydrogens (primary N) is 1. The van der Waals surface area contributed by atoms with Crippen molar-refractivity contribution in [3.63, 3.8) is 0 Å². The Bertz CT molecular complexity index is 425. The summed E-state index contributed by atoms with van der Waals surface area (Å²) < 4.78 is 1.08. The molecule has 0 aliphatic carbocycles. The van der Waals surface area contributed by atoms with E-state index in [0.29, 0.717) is 6.54 Å². The van der Waals surface area contributed by atoms with Crippen LogP contribution in [0.4, 0.5) is 5.69 Å². The predicted molar refractivity (Wildman–Crippen MR) is 73.9 cm³/mol. The number of benzene rings is 1. The maximum absolute atomic E-state index is 5.78. The molecule has 0 aliphatic heterocycles. The largest absolute Gasteiger partial charge is 0.376 e. The maximum atomic E-state index is 5.78. The molecular weight excluding hydrogens is 284 g/mol. The highest BCUT2D eigenvalue weighted by Gasteiger charge is 2.09. The van der Waals surface area contributed by atoms with Gasteiger partial charge in [-0.05, 0) is 35.7 Å². The maximum Gasteiger partial charge on any atom is 0.0728 e. The van der Waals surface area contributed by atoms with E-state index in [9.17, 15) is 0 Å². The fraction of sp³-hybridized carbons (Fsp3) is 0.167. The van der Waals surface area contributed by atoms with Crippen LogP contribution in [0, 0.1) is 0 Å². The summed E-state index contributed by atoms with van der Waals surface area (Å²) in [4.78, 5) is 1.27. The van der Waals surface area contributed by atoms with Crippen LogP contribution in [-0.2, 0) is 0 Å². The molecule has 0 saturated heterocycles. The Morgan fingerprint density at radius 3 is 2.56 bits per heavy atom. The highest BCUT2D eigenvalue weighted by molar-refractivity contribution is 9.10. The van der Waals surface area contributed by atoms with Crippen LogP contribution in [0.25, 0.3) is 0 Å². The van der Waals surface area contributed by atoms with E-state index >= 15 is 0 Å². The Hall–Kier alpha value is -0.840. The van der Waals surface area contributed by atoms with Crippen LogP contribution in [-0.4, -0.2) is 6.54 Å². The molecule has 1 heterocycles. The predicted octanol–water partition coefficient (Wildman–Crippen LogP) is 3.62. The van der Waals surface area contributed by atoms with E-state index in [4.69, 9.17) is 5.73 Å². The summed E-state index contributed by atoms with van der Waals surface area (Å²) in [5, 5.41) is 5.49. The van der Waals surface area contributed by atoms with Crippen molar-refractivity contribution in [1.82, 2.24) is 0 Å². The minimum Gasteiger partial charge on any atom is -0.376 e. The Labute approximate surface area is 108 Å². The van der Waals surface area contributed by atoms with Crippen LogP contribution in [0.1, 0.15) is 10.9 Å². The highest BCUT2D eigenvalue weighted by atomic mass is 79.9. The summed E-state index contributed by atoms with van der Waals surface area (Å²) in [6.07, 6.45) is 0. The van der Waals surface area contributed by atoms with Crippen LogP contribution in [0.15, 0.2) is 46.3 Å². The van der Waals surface area contributed by atoms with Crippen molar-refractivity contribution in [3.8, 4) is 0 Å². The third kappa shape index (κ3) is 2.84. The van der Waals surface area contributed by atoms with Crippen molar-refractivity contribution in [2.45, 2.75) is 6.04 Å². The molecule has 1 aromatic carbocycles. The van der Waals surface area contributed by atoms with Gasteiger partial charge in [-0.2, -0.15) is 0 Å². The third-order valence-corrected chi connectivity index (χ3v) is 3.82. The molecule has 0 fully saturated rings. The van der Waals surface area contributed by atoms with Gasteiger partial charge in [0, 0.05) is 21.6 Å². The summed E-state index contributed by atoms with van der Waals surface area (Å²) in [5.74, 6) is 0. The minimum absolute atomic E-state index is 0.196. The fourth-order valence-electron chi connectivity index (χ4n) is 1.48. The highest BCUT2D eigenvalue weighted by Crippen LogP contribution is 2.23. The first-order chi connectivity index (χ1) is 7.79. The normalized spacial score (nSPS) is 12.4. The lowest BCUT2D eigenvalue weighted by molar-refractivity contribution is 0.806. The number of hydrogen-bond donors (Lipinski definition) is 2. The summed E-state index contributed by atoms with van der Waals surface area (Å²) in [6, 6.07) is 12.5. The molecule has 4 heteroatoms. The summed E-state index contributed by atoms with van der Waals surface area (Å²) in [6.45, 7) is 0.594.